The Morgan fingerprint density at radius 2 is 1.81 bits per heavy atom. The second-order valence-electron chi connectivity index (χ2n) is 4.10. The predicted molar refractivity (Wildman–Crippen MR) is 76.9 cm³/mol. The molecule has 0 saturated heterocycles. The Labute approximate surface area is 121 Å². The van der Waals surface area contributed by atoms with Gasteiger partial charge in [0, 0.05) is 12.1 Å². The lowest BCUT2D eigenvalue weighted by atomic mass is 10.2. The Bertz CT molecular complexity index is 759. The number of methoxy groups -OCH3 is 1. The molecule has 0 spiro atoms. The first kappa shape index (κ1) is 14.8. The Morgan fingerprint density at radius 1 is 1.14 bits per heavy atom. The number of rotatable bonds is 5. The molecule has 2 aromatic carbocycles. The lowest BCUT2D eigenvalue weighted by molar-refractivity contribution is -0.384. The van der Waals surface area contributed by atoms with Crippen molar-refractivity contribution in [2.24, 2.45) is 0 Å². The van der Waals surface area contributed by atoms with E-state index in [1.165, 1.54) is 31.4 Å². The van der Waals surface area contributed by atoms with Gasteiger partial charge in [-0.05, 0) is 12.1 Å². The topological polar surface area (TPSA) is 98.5 Å². The van der Waals surface area contributed by atoms with Crippen molar-refractivity contribution in [1.29, 1.82) is 0 Å². The summed E-state index contributed by atoms with van der Waals surface area (Å²) < 4.78 is 31.5. The second kappa shape index (κ2) is 5.80. The highest BCUT2D eigenvalue weighted by molar-refractivity contribution is 7.92. The second-order valence-corrected chi connectivity index (χ2v) is 5.78. The molecule has 0 aliphatic heterocycles. The van der Waals surface area contributed by atoms with Gasteiger partial charge in [0.05, 0.1) is 28.7 Å². The number of sulfonamides is 1. The molecule has 0 aliphatic carbocycles. The van der Waals surface area contributed by atoms with Crippen LogP contribution in [0.3, 0.4) is 0 Å². The van der Waals surface area contributed by atoms with Crippen molar-refractivity contribution in [1.82, 2.24) is 0 Å². The highest BCUT2D eigenvalue weighted by Gasteiger charge is 2.17. The van der Waals surface area contributed by atoms with Crippen LogP contribution in [-0.2, 0) is 10.0 Å². The van der Waals surface area contributed by atoms with Gasteiger partial charge in [0.25, 0.3) is 15.7 Å². The molecule has 8 heteroatoms. The van der Waals surface area contributed by atoms with Crippen LogP contribution in [0.5, 0.6) is 5.75 Å². The van der Waals surface area contributed by atoms with E-state index in [2.05, 4.69) is 4.72 Å². The van der Waals surface area contributed by atoms with Crippen LogP contribution in [0.1, 0.15) is 0 Å². The summed E-state index contributed by atoms with van der Waals surface area (Å²) in [5.74, 6) is 0.190. The maximum atomic E-state index is 12.2. The number of non-ortho nitro benzene ring substituents is 1. The molecule has 2 aromatic rings. The van der Waals surface area contributed by atoms with Crippen molar-refractivity contribution in [3.63, 3.8) is 0 Å². The molecule has 0 amide bonds. The van der Waals surface area contributed by atoms with Gasteiger partial charge in [-0.15, -0.1) is 0 Å². The molecule has 0 aromatic heterocycles. The molecule has 110 valence electrons. The van der Waals surface area contributed by atoms with Crippen molar-refractivity contribution < 1.29 is 18.1 Å². The molecule has 0 saturated carbocycles. The molecular weight excluding hydrogens is 296 g/mol. The average Bonchev–Trinajstić information content (AvgIpc) is 2.47. The first-order valence-electron chi connectivity index (χ1n) is 5.84. The first-order chi connectivity index (χ1) is 9.92. The summed E-state index contributed by atoms with van der Waals surface area (Å²) in [5, 5.41) is 10.8. The van der Waals surface area contributed by atoms with E-state index in [1.807, 2.05) is 0 Å². The number of hydrogen-bond donors (Lipinski definition) is 1. The number of benzene rings is 2. The molecule has 0 unspecified atom stereocenters. The summed E-state index contributed by atoms with van der Waals surface area (Å²) >= 11 is 0. The Kier molecular flexibility index (Phi) is 4.08. The van der Waals surface area contributed by atoms with Crippen LogP contribution in [0, 0.1) is 10.1 Å². The van der Waals surface area contributed by atoms with Crippen molar-refractivity contribution in [3.05, 3.63) is 58.6 Å². The van der Waals surface area contributed by atoms with Crippen molar-refractivity contribution in [2.75, 3.05) is 11.8 Å². The fourth-order valence-corrected chi connectivity index (χ4v) is 2.74. The largest absolute Gasteiger partial charge is 0.496 e. The standard InChI is InChI=1S/C13H12N2O5S/c1-20-12-8-10(7-11(9-12)15(16)17)14-21(18,19)13-5-3-2-4-6-13/h2-9,14H,1H3. The third-order valence-electron chi connectivity index (χ3n) is 2.64. The van der Waals surface area contributed by atoms with E-state index in [0.717, 1.165) is 6.07 Å². The van der Waals surface area contributed by atoms with Crippen LogP contribution < -0.4 is 9.46 Å². The Balaban J connectivity index is 2.39. The zero-order chi connectivity index (χ0) is 15.5. The van der Waals surface area contributed by atoms with E-state index in [1.54, 1.807) is 18.2 Å². The smallest absolute Gasteiger partial charge is 0.275 e. The molecule has 2 rings (SSSR count). The molecule has 0 radical (unpaired) electrons. The number of hydrogen-bond acceptors (Lipinski definition) is 5. The summed E-state index contributed by atoms with van der Waals surface area (Å²) in [6, 6.07) is 11.4. The van der Waals surface area contributed by atoms with Crippen molar-refractivity contribution >= 4 is 21.4 Å². The van der Waals surface area contributed by atoms with Crippen LogP contribution in [0.25, 0.3) is 0 Å². The number of nitrogens with one attached hydrogen (secondary N) is 1. The minimum Gasteiger partial charge on any atom is -0.496 e. The minimum absolute atomic E-state index is 0.0601. The summed E-state index contributed by atoms with van der Waals surface area (Å²) in [6.45, 7) is 0. The van der Waals surface area contributed by atoms with Gasteiger partial charge in [-0.2, -0.15) is 0 Å². The normalized spacial score (nSPS) is 10.9. The fourth-order valence-electron chi connectivity index (χ4n) is 1.68. The number of anilines is 1. The van der Waals surface area contributed by atoms with Gasteiger partial charge < -0.3 is 4.74 Å². The van der Waals surface area contributed by atoms with Crippen LogP contribution in [-0.4, -0.2) is 20.5 Å². The van der Waals surface area contributed by atoms with Gasteiger partial charge in [-0.1, -0.05) is 18.2 Å². The SMILES string of the molecule is COc1cc(NS(=O)(=O)c2ccccc2)cc([N+](=O)[O-])c1. The quantitative estimate of drug-likeness (QED) is 0.675. The Hall–Kier alpha value is -2.61. The van der Waals surface area contributed by atoms with Gasteiger partial charge >= 0.3 is 0 Å². The number of nitrogens with zero attached hydrogens (tertiary/aromatic N) is 1. The summed E-state index contributed by atoms with van der Waals surface area (Å²) in [5.41, 5.74) is -0.204. The maximum Gasteiger partial charge on any atom is 0.275 e. The molecule has 7 nitrogen and oxygen atoms in total. The molecule has 1 N–H and O–H groups in total. The van der Waals surface area contributed by atoms with Gasteiger partial charge in [-0.3, -0.25) is 14.8 Å². The van der Waals surface area contributed by atoms with E-state index < -0.39 is 14.9 Å². The first-order valence-corrected chi connectivity index (χ1v) is 7.32. The van der Waals surface area contributed by atoms with Gasteiger partial charge in [0.15, 0.2) is 0 Å². The summed E-state index contributed by atoms with van der Waals surface area (Å²) in [4.78, 5) is 10.3. The highest BCUT2D eigenvalue weighted by Crippen LogP contribution is 2.27. The number of nitro benzene ring substituents is 1. The summed E-state index contributed by atoms with van der Waals surface area (Å²) in [7, 11) is -2.47. The van der Waals surface area contributed by atoms with Crippen LogP contribution in [0.2, 0.25) is 0 Å². The van der Waals surface area contributed by atoms with Crippen molar-refractivity contribution in [3.8, 4) is 5.75 Å². The monoisotopic (exact) mass is 308 g/mol. The lowest BCUT2D eigenvalue weighted by Crippen LogP contribution is -2.13. The minimum atomic E-state index is -3.81. The zero-order valence-corrected chi connectivity index (χ0v) is 11.8. The molecule has 0 heterocycles. The van der Waals surface area contributed by atoms with Crippen LogP contribution in [0.4, 0.5) is 11.4 Å². The van der Waals surface area contributed by atoms with E-state index >= 15 is 0 Å². The molecule has 0 bridgehead atoms. The molecule has 21 heavy (non-hydrogen) atoms. The number of nitro groups is 1. The Morgan fingerprint density at radius 3 is 2.38 bits per heavy atom. The maximum absolute atomic E-state index is 12.2. The van der Waals surface area contributed by atoms with E-state index in [4.69, 9.17) is 4.74 Å². The lowest BCUT2D eigenvalue weighted by Gasteiger charge is -2.09. The fraction of sp³-hybridized carbons (Fsp3) is 0.0769. The van der Waals surface area contributed by atoms with Gasteiger partial charge in [0.1, 0.15) is 5.75 Å². The van der Waals surface area contributed by atoms with Crippen LogP contribution >= 0.6 is 0 Å². The molecular formula is C13H12N2O5S. The average molecular weight is 308 g/mol. The summed E-state index contributed by atoms with van der Waals surface area (Å²) in [6.07, 6.45) is 0. The van der Waals surface area contributed by atoms with E-state index in [9.17, 15) is 18.5 Å². The predicted octanol–water partition coefficient (Wildman–Crippen LogP) is 2.40. The van der Waals surface area contributed by atoms with Crippen molar-refractivity contribution in [2.45, 2.75) is 4.90 Å². The zero-order valence-electron chi connectivity index (χ0n) is 11.0. The third kappa shape index (κ3) is 3.48. The number of ether oxygens (including phenoxy) is 1. The van der Waals surface area contributed by atoms with E-state index in [0.29, 0.717) is 0 Å². The molecule has 0 atom stereocenters. The van der Waals surface area contributed by atoms with E-state index in [-0.39, 0.29) is 22.0 Å². The third-order valence-corrected chi connectivity index (χ3v) is 4.04. The molecule has 0 aliphatic rings. The molecule has 0 fully saturated rings. The highest BCUT2D eigenvalue weighted by atomic mass is 32.2. The van der Waals surface area contributed by atoms with Gasteiger partial charge in [-0.25, -0.2) is 8.42 Å². The van der Waals surface area contributed by atoms with Crippen LogP contribution in [0.15, 0.2) is 53.4 Å². The van der Waals surface area contributed by atoms with Gasteiger partial charge in [0.2, 0.25) is 0 Å².